The quantitative estimate of drug-likeness (QED) is 0.754. The molecule has 3 rings (SSSR count). The minimum atomic E-state index is -3.58. The predicted octanol–water partition coefficient (Wildman–Crippen LogP) is 3.39. The van der Waals surface area contributed by atoms with Gasteiger partial charge in [-0.15, -0.1) is 0 Å². The van der Waals surface area contributed by atoms with Gasteiger partial charge in [0.1, 0.15) is 0 Å². The van der Waals surface area contributed by atoms with Crippen LogP contribution in [-0.2, 0) is 21.2 Å². The van der Waals surface area contributed by atoms with E-state index in [0.717, 1.165) is 27.8 Å². The smallest absolute Gasteiger partial charge is 0.243 e. The minimum Gasteiger partial charge on any atom is -0.340 e. The summed E-state index contributed by atoms with van der Waals surface area (Å²) in [7, 11) is -3.58. The molecule has 2 aromatic rings. The molecule has 29 heavy (non-hydrogen) atoms. The van der Waals surface area contributed by atoms with Crippen LogP contribution >= 0.6 is 0 Å². The molecule has 1 aliphatic heterocycles. The normalized spacial score (nSPS) is 15.5. The average molecular weight is 415 g/mol. The van der Waals surface area contributed by atoms with Gasteiger partial charge in [0.25, 0.3) is 0 Å². The first-order chi connectivity index (χ1) is 13.7. The van der Waals surface area contributed by atoms with Crippen molar-refractivity contribution in [1.82, 2.24) is 9.21 Å². The van der Waals surface area contributed by atoms with E-state index >= 15 is 0 Å². The van der Waals surface area contributed by atoms with Crippen molar-refractivity contribution in [2.45, 2.75) is 45.4 Å². The lowest BCUT2D eigenvalue weighted by Gasteiger charge is -2.35. The highest BCUT2D eigenvalue weighted by molar-refractivity contribution is 7.89. The summed E-state index contributed by atoms with van der Waals surface area (Å²) in [6.07, 6.45) is 1.16. The fraction of sp³-hybridized carbons (Fsp3) is 0.435. The maximum absolute atomic E-state index is 13.3. The Bertz CT molecular complexity index is 966. The third-order valence-corrected chi connectivity index (χ3v) is 8.13. The summed E-state index contributed by atoms with van der Waals surface area (Å²) in [5.41, 5.74) is 4.74. The number of nitrogens with zero attached hydrogens (tertiary/aromatic N) is 2. The van der Waals surface area contributed by atoms with Crippen molar-refractivity contribution >= 4 is 15.9 Å². The van der Waals surface area contributed by atoms with Crippen LogP contribution in [0.1, 0.15) is 34.2 Å². The molecular formula is C23H30N2O3S. The standard InChI is InChI=1S/C23H30N2O3S/c1-17-16-18(2)20(4)23(19(17)3)29(27,28)25-14-12-24(13-15-25)22(26)11-10-21-8-6-5-7-9-21/h5-9,16H,10-15H2,1-4H3. The van der Waals surface area contributed by atoms with Crippen LogP contribution in [0.2, 0.25) is 0 Å². The molecule has 0 N–H and O–H groups in total. The van der Waals surface area contributed by atoms with Crippen molar-refractivity contribution in [3.63, 3.8) is 0 Å². The fourth-order valence-electron chi connectivity index (χ4n) is 3.93. The average Bonchev–Trinajstić information content (AvgIpc) is 2.71. The van der Waals surface area contributed by atoms with Crippen molar-refractivity contribution in [3.05, 3.63) is 64.2 Å². The van der Waals surface area contributed by atoms with E-state index in [2.05, 4.69) is 0 Å². The second-order valence-electron chi connectivity index (χ2n) is 7.86. The SMILES string of the molecule is Cc1cc(C)c(C)c(S(=O)(=O)N2CCN(C(=O)CCc3ccccc3)CC2)c1C. The molecule has 1 aliphatic rings. The Morgan fingerprint density at radius 3 is 2.00 bits per heavy atom. The van der Waals surface area contributed by atoms with Gasteiger partial charge in [-0.05, 0) is 61.9 Å². The van der Waals surface area contributed by atoms with E-state index in [4.69, 9.17) is 0 Å². The third kappa shape index (κ3) is 4.54. The van der Waals surface area contributed by atoms with Crippen LogP contribution in [0.5, 0.6) is 0 Å². The molecule has 5 nitrogen and oxygen atoms in total. The molecule has 156 valence electrons. The largest absolute Gasteiger partial charge is 0.340 e. The maximum atomic E-state index is 13.3. The highest BCUT2D eigenvalue weighted by Crippen LogP contribution is 2.29. The second-order valence-corrected chi connectivity index (χ2v) is 9.73. The molecule has 6 heteroatoms. The summed E-state index contributed by atoms with van der Waals surface area (Å²) in [6.45, 7) is 9.20. The zero-order valence-corrected chi connectivity index (χ0v) is 18.6. The van der Waals surface area contributed by atoms with E-state index < -0.39 is 10.0 Å². The molecule has 0 aromatic heterocycles. The zero-order valence-electron chi connectivity index (χ0n) is 17.7. The van der Waals surface area contributed by atoms with E-state index in [9.17, 15) is 13.2 Å². The molecule has 0 aliphatic carbocycles. The van der Waals surface area contributed by atoms with Crippen molar-refractivity contribution in [3.8, 4) is 0 Å². The number of aryl methyl sites for hydroxylation is 3. The molecule has 2 aromatic carbocycles. The number of benzene rings is 2. The minimum absolute atomic E-state index is 0.0877. The Morgan fingerprint density at radius 2 is 1.45 bits per heavy atom. The molecule has 0 bridgehead atoms. The molecular weight excluding hydrogens is 384 g/mol. The monoisotopic (exact) mass is 414 g/mol. The lowest BCUT2D eigenvalue weighted by molar-refractivity contribution is -0.132. The Labute approximate surface area is 174 Å². The topological polar surface area (TPSA) is 57.7 Å². The van der Waals surface area contributed by atoms with E-state index in [1.165, 1.54) is 4.31 Å². The molecule has 0 spiro atoms. The molecule has 1 amide bonds. The van der Waals surface area contributed by atoms with E-state index in [0.29, 0.717) is 43.9 Å². The van der Waals surface area contributed by atoms with Gasteiger partial charge in [0.05, 0.1) is 4.90 Å². The third-order valence-electron chi connectivity index (χ3n) is 5.96. The highest BCUT2D eigenvalue weighted by Gasteiger charge is 2.32. The van der Waals surface area contributed by atoms with Crippen LogP contribution in [0.25, 0.3) is 0 Å². The Kier molecular flexibility index (Phi) is 6.44. The zero-order chi connectivity index (χ0) is 21.2. The number of rotatable bonds is 5. The van der Waals surface area contributed by atoms with Gasteiger partial charge in [-0.25, -0.2) is 8.42 Å². The molecule has 0 atom stereocenters. The molecule has 1 saturated heterocycles. The van der Waals surface area contributed by atoms with Crippen molar-refractivity contribution in [1.29, 1.82) is 0 Å². The van der Waals surface area contributed by atoms with Crippen LogP contribution in [0, 0.1) is 27.7 Å². The van der Waals surface area contributed by atoms with Gasteiger partial charge in [0.15, 0.2) is 0 Å². The van der Waals surface area contributed by atoms with Crippen molar-refractivity contribution < 1.29 is 13.2 Å². The number of hydrogen-bond acceptors (Lipinski definition) is 3. The first kappa shape index (κ1) is 21.5. The lowest BCUT2D eigenvalue weighted by atomic mass is 10.0. The van der Waals surface area contributed by atoms with Gasteiger partial charge >= 0.3 is 0 Å². The first-order valence-electron chi connectivity index (χ1n) is 10.1. The Morgan fingerprint density at radius 1 is 0.897 bits per heavy atom. The number of piperazine rings is 1. The summed E-state index contributed by atoms with van der Waals surface area (Å²) >= 11 is 0. The Balaban J connectivity index is 1.67. The molecule has 1 heterocycles. The van der Waals surface area contributed by atoms with Crippen molar-refractivity contribution in [2.75, 3.05) is 26.2 Å². The number of amides is 1. The number of carbonyl (C=O) groups excluding carboxylic acids is 1. The Hall–Kier alpha value is -2.18. The molecule has 0 radical (unpaired) electrons. The van der Waals surface area contributed by atoms with Crippen LogP contribution in [-0.4, -0.2) is 49.7 Å². The van der Waals surface area contributed by atoms with Crippen LogP contribution < -0.4 is 0 Å². The lowest BCUT2D eigenvalue weighted by Crippen LogP contribution is -2.50. The van der Waals surface area contributed by atoms with Crippen LogP contribution in [0.3, 0.4) is 0 Å². The number of sulfonamides is 1. The summed E-state index contributed by atoms with van der Waals surface area (Å²) in [5.74, 6) is 0.0877. The molecule has 0 unspecified atom stereocenters. The fourth-order valence-corrected chi connectivity index (χ4v) is 5.93. The maximum Gasteiger partial charge on any atom is 0.243 e. The van der Waals surface area contributed by atoms with Gasteiger partial charge in [0, 0.05) is 32.6 Å². The summed E-state index contributed by atoms with van der Waals surface area (Å²) in [6, 6.07) is 12.0. The predicted molar refractivity (Wildman–Crippen MR) is 115 cm³/mol. The summed E-state index contributed by atoms with van der Waals surface area (Å²) in [5, 5.41) is 0. The second kappa shape index (κ2) is 8.67. The first-order valence-corrected chi connectivity index (χ1v) is 11.5. The molecule has 0 saturated carbocycles. The van der Waals surface area contributed by atoms with Gasteiger partial charge in [-0.1, -0.05) is 36.4 Å². The summed E-state index contributed by atoms with van der Waals surface area (Å²) < 4.78 is 28.2. The van der Waals surface area contributed by atoms with Gasteiger partial charge in [-0.3, -0.25) is 4.79 Å². The number of hydrogen-bond donors (Lipinski definition) is 0. The highest BCUT2D eigenvalue weighted by atomic mass is 32.2. The van der Waals surface area contributed by atoms with Gasteiger partial charge < -0.3 is 4.90 Å². The van der Waals surface area contributed by atoms with E-state index in [-0.39, 0.29) is 5.91 Å². The molecule has 1 fully saturated rings. The van der Waals surface area contributed by atoms with Crippen LogP contribution in [0.15, 0.2) is 41.3 Å². The number of carbonyl (C=O) groups is 1. The summed E-state index contributed by atoms with van der Waals surface area (Å²) in [4.78, 5) is 14.8. The van der Waals surface area contributed by atoms with Gasteiger partial charge in [0.2, 0.25) is 15.9 Å². The van der Waals surface area contributed by atoms with E-state index in [1.54, 1.807) is 4.90 Å². The van der Waals surface area contributed by atoms with Crippen LogP contribution in [0.4, 0.5) is 0 Å². The van der Waals surface area contributed by atoms with E-state index in [1.807, 2.05) is 64.1 Å². The van der Waals surface area contributed by atoms with Gasteiger partial charge in [-0.2, -0.15) is 4.31 Å². The van der Waals surface area contributed by atoms with Crippen molar-refractivity contribution in [2.24, 2.45) is 0 Å².